The van der Waals surface area contributed by atoms with Gasteiger partial charge in [-0.15, -0.1) is 0 Å². The Kier molecular flexibility index (Phi) is 4.95. The van der Waals surface area contributed by atoms with Crippen molar-refractivity contribution < 1.29 is 9.60 Å². The monoisotopic (exact) mass is 603 g/mol. The van der Waals surface area contributed by atoms with Crippen LogP contribution >= 0.6 is 0 Å². The van der Waals surface area contributed by atoms with Gasteiger partial charge in [-0.25, -0.2) is 0 Å². The lowest BCUT2D eigenvalue weighted by atomic mass is 9.83. The molecule has 0 aliphatic heterocycles. The van der Waals surface area contributed by atoms with Gasteiger partial charge in [0.05, 0.1) is 9.60 Å². The fourth-order valence-electron chi connectivity index (χ4n) is 6.97. The summed E-state index contributed by atoms with van der Waals surface area (Å²) in [7, 11) is 0. The van der Waals surface area contributed by atoms with Crippen LogP contribution in [0.15, 0.2) is 176 Å². The zero-order valence-electron chi connectivity index (χ0n) is 32.7. The molecule has 9 aromatic carbocycles. The first-order chi connectivity index (χ1) is 26.2. The van der Waals surface area contributed by atoms with Gasteiger partial charge in [0.15, 0.2) is 0 Å². The summed E-state index contributed by atoms with van der Waals surface area (Å²) in [6.07, 6.45) is 0. The fraction of sp³-hybridized carbons (Fsp3) is 0.0213. The predicted molar refractivity (Wildman–Crippen MR) is 203 cm³/mol. The van der Waals surface area contributed by atoms with Crippen LogP contribution in [0.5, 0.6) is 0 Å². The largest absolute Gasteiger partial charge is 0.0636 e. The van der Waals surface area contributed by atoms with E-state index in [4.69, 9.17) is 2.74 Å². The Morgan fingerprint density at radius 1 is 0.383 bits per heavy atom. The van der Waals surface area contributed by atoms with Crippen molar-refractivity contribution >= 4 is 43.1 Å². The second kappa shape index (κ2) is 11.1. The van der Waals surface area contributed by atoms with Crippen molar-refractivity contribution in [2.45, 2.75) is 6.92 Å². The molecule has 0 N–H and O–H groups in total. The van der Waals surface area contributed by atoms with Crippen molar-refractivity contribution in [2.75, 3.05) is 0 Å². The number of hydrogen-bond donors (Lipinski definition) is 0. The minimum atomic E-state index is -0.382. The molecule has 0 atom stereocenters. The van der Waals surface area contributed by atoms with Crippen molar-refractivity contribution in [3.05, 3.63) is 181 Å². The van der Waals surface area contributed by atoms with Crippen LogP contribution in [0, 0.1) is 6.92 Å². The van der Waals surface area contributed by atoms with E-state index in [1.807, 2.05) is 128 Å². The molecule has 0 aromatic heterocycles. The van der Waals surface area contributed by atoms with Gasteiger partial charge in [-0.1, -0.05) is 163 Å². The van der Waals surface area contributed by atoms with Crippen molar-refractivity contribution in [3.8, 4) is 44.5 Å². The van der Waals surface area contributed by atoms with Gasteiger partial charge < -0.3 is 0 Å². The topological polar surface area (TPSA) is 0 Å². The van der Waals surface area contributed by atoms with Crippen molar-refractivity contribution in [1.82, 2.24) is 0 Å². The van der Waals surface area contributed by atoms with Crippen LogP contribution in [0.4, 0.5) is 0 Å². The summed E-state index contributed by atoms with van der Waals surface area (Å²) >= 11 is 0. The molecule has 0 nitrogen and oxygen atoms in total. The molecule has 0 saturated carbocycles. The molecule has 0 saturated heterocycles. The molecular formula is C47H32. The molecule has 0 aliphatic rings. The number of aryl methyl sites for hydroxylation is 1. The SMILES string of the molecule is [2H]c1c([2H])c([2H])c2c(-c3cccc4ccccc34)c3c([2H])c(-c4cc(-c5cccc(C)c5)cc5ccccc45)c([2H])c([2H])c3c(-c3ccccc3)c2c1[2H]. The van der Waals surface area contributed by atoms with Gasteiger partial charge in [-0.3, -0.25) is 0 Å². The van der Waals surface area contributed by atoms with Gasteiger partial charge in [0, 0.05) is 0 Å². The van der Waals surface area contributed by atoms with Crippen molar-refractivity contribution in [2.24, 2.45) is 0 Å². The molecule has 47 heavy (non-hydrogen) atoms. The van der Waals surface area contributed by atoms with E-state index in [-0.39, 0.29) is 53.1 Å². The van der Waals surface area contributed by atoms with Crippen LogP contribution in [0.25, 0.3) is 87.6 Å². The summed E-state index contributed by atoms with van der Waals surface area (Å²) in [5.41, 5.74) is 6.14. The average Bonchev–Trinajstić information content (AvgIpc) is 3.20. The minimum absolute atomic E-state index is 0.0203. The maximum Gasteiger partial charge on any atom is 0.0636 e. The van der Waals surface area contributed by atoms with Crippen LogP contribution in [-0.2, 0) is 0 Å². The third-order valence-electron chi connectivity index (χ3n) is 9.10. The Balaban J connectivity index is 1.57. The van der Waals surface area contributed by atoms with E-state index in [2.05, 4.69) is 12.1 Å². The first kappa shape index (κ1) is 20.9. The van der Waals surface area contributed by atoms with E-state index in [1.54, 1.807) is 0 Å². The molecule has 0 heterocycles. The lowest BCUT2D eigenvalue weighted by molar-refractivity contribution is 1.47. The highest BCUT2D eigenvalue weighted by Crippen LogP contribution is 2.47. The molecule has 0 amide bonds. The van der Waals surface area contributed by atoms with E-state index in [0.717, 1.165) is 38.2 Å². The zero-order valence-corrected chi connectivity index (χ0v) is 25.7. The molecule has 0 spiro atoms. The van der Waals surface area contributed by atoms with Crippen LogP contribution < -0.4 is 0 Å². The van der Waals surface area contributed by atoms with Gasteiger partial charge in [-0.05, 0) is 113 Å². The lowest BCUT2D eigenvalue weighted by Crippen LogP contribution is -1.93. The molecule has 0 heteroatoms. The van der Waals surface area contributed by atoms with Crippen LogP contribution in [0.1, 0.15) is 15.2 Å². The van der Waals surface area contributed by atoms with Gasteiger partial charge in [0.2, 0.25) is 0 Å². The fourth-order valence-corrected chi connectivity index (χ4v) is 6.97. The standard InChI is InChI=1S/C47H32/c1-31-13-11-19-34(27-31)37-28-35-17-6-8-21-39(35)44(30-37)36-25-26-43-45(29-36)47(40-24-12-18-32-14-5-7-20-38(32)40)42-23-10-9-22-41(42)46(43)33-15-3-2-4-16-33/h2-30H,1H3/i9D,10D,22D,23D,25D,26D,29D. The molecule has 9 rings (SSSR count). The molecule has 0 bridgehead atoms. The van der Waals surface area contributed by atoms with Crippen LogP contribution in [0.2, 0.25) is 0 Å². The van der Waals surface area contributed by atoms with Gasteiger partial charge in [0.25, 0.3) is 0 Å². The quantitative estimate of drug-likeness (QED) is 0.176. The number of hydrogen-bond acceptors (Lipinski definition) is 0. The van der Waals surface area contributed by atoms with Gasteiger partial charge in [0.1, 0.15) is 0 Å². The van der Waals surface area contributed by atoms with Crippen LogP contribution in [0.3, 0.4) is 0 Å². The normalized spacial score (nSPS) is 13.6. The first-order valence-electron chi connectivity index (χ1n) is 19.3. The van der Waals surface area contributed by atoms with Crippen LogP contribution in [-0.4, -0.2) is 0 Å². The number of fused-ring (bicyclic) bond motifs is 4. The maximum atomic E-state index is 10.3. The Morgan fingerprint density at radius 2 is 1.02 bits per heavy atom. The predicted octanol–water partition coefficient (Wildman–Crippen LogP) is 13.3. The van der Waals surface area contributed by atoms with Crippen molar-refractivity contribution in [3.63, 3.8) is 0 Å². The van der Waals surface area contributed by atoms with E-state index in [9.17, 15) is 6.85 Å². The van der Waals surface area contributed by atoms with Gasteiger partial charge >= 0.3 is 0 Å². The van der Waals surface area contributed by atoms with Gasteiger partial charge in [-0.2, -0.15) is 0 Å². The highest BCUT2D eigenvalue weighted by Gasteiger charge is 2.19. The number of rotatable bonds is 4. The van der Waals surface area contributed by atoms with Crippen molar-refractivity contribution in [1.29, 1.82) is 0 Å². The third-order valence-corrected chi connectivity index (χ3v) is 9.10. The lowest BCUT2D eigenvalue weighted by Gasteiger charge is -2.20. The second-order valence-electron chi connectivity index (χ2n) is 12.0. The Hall–Kier alpha value is -5.98. The number of benzene rings is 9. The van der Waals surface area contributed by atoms with E-state index < -0.39 is 0 Å². The highest BCUT2D eigenvalue weighted by atomic mass is 14.2. The van der Waals surface area contributed by atoms with E-state index in [1.165, 1.54) is 0 Å². The molecule has 0 fully saturated rings. The Labute approximate surface area is 285 Å². The molecule has 220 valence electrons. The second-order valence-corrected chi connectivity index (χ2v) is 12.0. The van der Waals surface area contributed by atoms with E-state index in [0.29, 0.717) is 44.2 Å². The van der Waals surface area contributed by atoms with E-state index >= 15 is 0 Å². The Bertz CT molecular complexity index is 3020. The first-order valence-corrected chi connectivity index (χ1v) is 15.8. The minimum Gasteiger partial charge on any atom is -0.0622 e. The molecule has 0 aliphatic carbocycles. The summed E-state index contributed by atoms with van der Waals surface area (Å²) in [6, 6.07) is 41.8. The molecule has 0 unspecified atom stereocenters. The molecule has 9 aromatic rings. The summed E-state index contributed by atoms with van der Waals surface area (Å²) in [6.45, 7) is 2.04. The highest BCUT2D eigenvalue weighted by molar-refractivity contribution is 6.24. The molecular weight excluding hydrogens is 565 g/mol. The summed E-state index contributed by atoms with van der Waals surface area (Å²) in [5, 5.41) is 4.75. The molecule has 0 radical (unpaired) electrons. The average molecular weight is 604 g/mol. The zero-order chi connectivity index (χ0) is 37.4. The summed E-state index contributed by atoms with van der Waals surface area (Å²) < 4.78 is 66.3. The third kappa shape index (κ3) is 4.61. The summed E-state index contributed by atoms with van der Waals surface area (Å²) in [4.78, 5) is 0. The maximum absolute atomic E-state index is 10.3. The Morgan fingerprint density at radius 3 is 1.83 bits per heavy atom. The smallest absolute Gasteiger partial charge is 0.0622 e. The summed E-state index contributed by atoms with van der Waals surface area (Å²) in [5.74, 6) is 0.